The Hall–Kier alpha value is -2.08. The van der Waals surface area contributed by atoms with Crippen LogP contribution in [-0.2, 0) is 17.6 Å². The van der Waals surface area contributed by atoms with Gasteiger partial charge < -0.3 is 15.3 Å². The number of aliphatic carboxylic acids is 1. The minimum absolute atomic E-state index is 0.0170. The summed E-state index contributed by atoms with van der Waals surface area (Å²) < 4.78 is 0. The quantitative estimate of drug-likeness (QED) is 0.786. The Morgan fingerprint density at radius 2 is 1.89 bits per heavy atom. The van der Waals surface area contributed by atoms with E-state index in [2.05, 4.69) is 23.5 Å². The standard InChI is InChI=1S/C22H33N3O3/c1-3-24(15-21(26)27)20-10-12-25(13-11-20)22(28)23-16(2)18-9-8-17-6-4-5-7-19(17)14-18/h8-9,14,16,20H,3-7,10-13,15H2,1-2H3,(H,23,28)(H,26,27)/t16-/m1/s1. The SMILES string of the molecule is CCN(CC(=O)O)C1CCN(C(=O)N[C@H](C)c2ccc3c(c2)CCCC3)CC1. The van der Waals surface area contributed by atoms with Gasteiger partial charge in [-0.15, -0.1) is 0 Å². The molecular formula is C22H33N3O3. The molecule has 1 aromatic rings. The zero-order valence-electron chi connectivity index (χ0n) is 17.1. The van der Waals surface area contributed by atoms with Gasteiger partial charge in [0.05, 0.1) is 12.6 Å². The second-order valence-corrected chi connectivity index (χ2v) is 8.08. The van der Waals surface area contributed by atoms with Gasteiger partial charge in [-0.25, -0.2) is 4.79 Å². The van der Waals surface area contributed by atoms with Gasteiger partial charge in [0.2, 0.25) is 0 Å². The number of carbonyl (C=O) groups excluding carboxylic acids is 1. The molecule has 1 heterocycles. The Balaban J connectivity index is 1.52. The molecule has 0 radical (unpaired) electrons. The molecule has 2 N–H and O–H groups in total. The lowest BCUT2D eigenvalue weighted by molar-refractivity contribution is -0.139. The highest BCUT2D eigenvalue weighted by atomic mass is 16.4. The number of fused-ring (bicyclic) bond motifs is 1. The number of hydrogen-bond donors (Lipinski definition) is 2. The molecule has 2 amide bonds. The van der Waals surface area contributed by atoms with Crippen molar-refractivity contribution in [3.63, 3.8) is 0 Å². The van der Waals surface area contributed by atoms with E-state index >= 15 is 0 Å². The van der Waals surface area contributed by atoms with E-state index in [-0.39, 0.29) is 24.7 Å². The number of hydrogen-bond acceptors (Lipinski definition) is 3. The second kappa shape index (κ2) is 9.41. The molecule has 0 bridgehead atoms. The molecule has 28 heavy (non-hydrogen) atoms. The van der Waals surface area contributed by atoms with Gasteiger partial charge in [0, 0.05) is 19.1 Å². The average Bonchev–Trinajstić information content (AvgIpc) is 2.71. The van der Waals surface area contributed by atoms with Crippen molar-refractivity contribution < 1.29 is 14.7 Å². The highest BCUT2D eigenvalue weighted by Crippen LogP contribution is 2.25. The number of urea groups is 1. The predicted molar refractivity (Wildman–Crippen MR) is 110 cm³/mol. The number of nitrogens with zero attached hydrogens (tertiary/aromatic N) is 2. The van der Waals surface area contributed by atoms with E-state index in [0.717, 1.165) is 25.8 Å². The largest absolute Gasteiger partial charge is 0.480 e. The third-order valence-electron chi connectivity index (χ3n) is 6.23. The monoisotopic (exact) mass is 387 g/mol. The first-order chi connectivity index (χ1) is 13.5. The number of likely N-dealkylation sites (N-methyl/N-ethyl adjacent to an activating group) is 1. The van der Waals surface area contributed by atoms with Crippen molar-refractivity contribution in [1.29, 1.82) is 0 Å². The molecule has 1 aromatic carbocycles. The third-order valence-corrected chi connectivity index (χ3v) is 6.23. The van der Waals surface area contributed by atoms with Crippen molar-refractivity contribution in [2.75, 3.05) is 26.2 Å². The summed E-state index contributed by atoms with van der Waals surface area (Å²) in [5, 5.41) is 12.2. The van der Waals surface area contributed by atoms with Crippen molar-refractivity contribution in [2.24, 2.45) is 0 Å². The first kappa shape index (κ1) is 20.6. The van der Waals surface area contributed by atoms with E-state index in [9.17, 15) is 9.59 Å². The summed E-state index contributed by atoms with van der Waals surface area (Å²) in [4.78, 5) is 27.6. The zero-order chi connectivity index (χ0) is 20.1. The summed E-state index contributed by atoms with van der Waals surface area (Å²) in [6.07, 6.45) is 6.48. The maximum atomic E-state index is 12.7. The number of carboxylic acids is 1. The van der Waals surface area contributed by atoms with Crippen LogP contribution in [0.2, 0.25) is 0 Å². The molecule has 1 aliphatic heterocycles. The van der Waals surface area contributed by atoms with Gasteiger partial charge in [-0.05, 0) is 68.7 Å². The van der Waals surface area contributed by atoms with Crippen molar-refractivity contribution in [1.82, 2.24) is 15.1 Å². The Morgan fingerprint density at radius 1 is 1.21 bits per heavy atom. The summed E-state index contributed by atoms with van der Waals surface area (Å²) in [6.45, 7) is 6.16. The Kier molecular flexibility index (Phi) is 6.94. The van der Waals surface area contributed by atoms with Gasteiger partial charge in [-0.3, -0.25) is 9.69 Å². The molecule has 0 unspecified atom stereocenters. The lowest BCUT2D eigenvalue weighted by Gasteiger charge is -2.37. The van der Waals surface area contributed by atoms with E-state index in [4.69, 9.17) is 5.11 Å². The molecular weight excluding hydrogens is 354 g/mol. The smallest absolute Gasteiger partial charge is 0.317 e. The van der Waals surface area contributed by atoms with Crippen LogP contribution in [0, 0.1) is 0 Å². The highest BCUT2D eigenvalue weighted by molar-refractivity contribution is 5.75. The summed E-state index contributed by atoms with van der Waals surface area (Å²) in [7, 11) is 0. The van der Waals surface area contributed by atoms with Crippen LogP contribution in [0.3, 0.4) is 0 Å². The first-order valence-electron chi connectivity index (χ1n) is 10.6. The van der Waals surface area contributed by atoms with E-state index in [1.807, 2.05) is 23.6 Å². The van der Waals surface area contributed by atoms with E-state index in [1.165, 1.54) is 36.0 Å². The van der Waals surface area contributed by atoms with Gasteiger partial charge in [0.25, 0.3) is 0 Å². The molecule has 154 valence electrons. The maximum Gasteiger partial charge on any atom is 0.317 e. The fourth-order valence-electron chi connectivity index (χ4n) is 4.49. The Labute approximate surface area is 167 Å². The van der Waals surface area contributed by atoms with Gasteiger partial charge in [0.1, 0.15) is 0 Å². The Morgan fingerprint density at radius 3 is 2.54 bits per heavy atom. The fourth-order valence-corrected chi connectivity index (χ4v) is 4.49. The lowest BCUT2D eigenvalue weighted by atomic mass is 9.89. The molecule has 1 saturated heterocycles. The fraction of sp³-hybridized carbons (Fsp3) is 0.636. The van der Waals surface area contributed by atoms with E-state index < -0.39 is 5.97 Å². The number of benzene rings is 1. The van der Waals surface area contributed by atoms with Crippen molar-refractivity contribution in [3.05, 3.63) is 34.9 Å². The second-order valence-electron chi connectivity index (χ2n) is 8.08. The van der Waals surface area contributed by atoms with Gasteiger partial charge in [-0.1, -0.05) is 25.1 Å². The van der Waals surface area contributed by atoms with Crippen LogP contribution in [-0.4, -0.2) is 59.1 Å². The minimum atomic E-state index is -0.791. The summed E-state index contributed by atoms with van der Waals surface area (Å²) in [5.74, 6) is -0.791. The summed E-state index contributed by atoms with van der Waals surface area (Å²) >= 11 is 0. The van der Waals surface area contributed by atoms with Crippen LogP contribution in [0.25, 0.3) is 0 Å². The average molecular weight is 388 g/mol. The van der Waals surface area contributed by atoms with Crippen LogP contribution < -0.4 is 5.32 Å². The van der Waals surface area contributed by atoms with Crippen LogP contribution >= 0.6 is 0 Å². The lowest BCUT2D eigenvalue weighted by Crippen LogP contribution is -2.50. The summed E-state index contributed by atoms with van der Waals surface area (Å²) in [6, 6.07) is 6.83. The van der Waals surface area contributed by atoms with Crippen LogP contribution in [0.4, 0.5) is 4.79 Å². The van der Waals surface area contributed by atoms with Crippen LogP contribution in [0.15, 0.2) is 18.2 Å². The normalized spacial score (nSPS) is 18.6. The van der Waals surface area contributed by atoms with E-state index in [0.29, 0.717) is 13.1 Å². The number of amides is 2. The number of nitrogens with one attached hydrogen (secondary N) is 1. The number of carboxylic acid groups (broad SMARTS) is 1. The molecule has 6 heteroatoms. The van der Waals surface area contributed by atoms with Crippen LogP contribution in [0.1, 0.15) is 62.3 Å². The van der Waals surface area contributed by atoms with Gasteiger partial charge >= 0.3 is 12.0 Å². The molecule has 2 aliphatic rings. The molecule has 0 spiro atoms. The zero-order valence-corrected chi connectivity index (χ0v) is 17.1. The van der Waals surface area contributed by atoms with Gasteiger partial charge in [0.15, 0.2) is 0 Å². The first-order valence-corrected chi connectivity index (χ1v) is 10.6. The topological polar surface area (TPSA) is 72.9 Å². The third kappa shape index (κ3) is 5.04. The summed E-state index contributed by atoms with van der Waals surface area (Å²) in [5.41, 5.74) is 4.06. The van der Waals surface area contributed by atoms with Crippen molar-refractivity contribution in [2.45, 2.75) is 64.5 Å². The maximum absolute atomic E-state index is 12.7. The van der Waals surface area contributed by atoms with Crippen LogP contribution in [0.5, 0.6) is 0 Å². The predicted octanol–water partition coefficient (Wildman–Crippen LogP) is 3.21. The highest BCUT2D eigenvalue weighted by Gasteiger charge is 2.27. The Bertz CT molecular complexity index is 698. The van der Waals surface area contributed by atoms with Crippen molar-refractivity contribution in [3.8, 4) is 0 Å². The number of aryl methyl sites for hydroxylation is 2. The van der Waals surface area contributed by atoms with E-state index in [1.54, 1.807) is 0 Å². The molecule has 1 fully saturated rings. The molecule has 1 aliphatic carbocycles. The molecule has 6 nitrogen and oxygen atoms in total. The minimum Gasteiger partial charge on any atom is -0.480 e. The van der Waals surface area contributed by atoms with Crippen molar-refractivity contribution >= 4 is 12.0 Å². The molecule has 3 rings (SSSR count). The molecule has 0 aromatic heterocycles. The van der Waals surface area contributed by atoms with Gasteiger partial charge in [-0.2, -0.15) is 0 Å². The number of carbonyl (C=O) groups is 2. The number of piperidine rings is 1. The molecule has 1 atom stereocenters. The molecule has 0 saturated carbocycles. The number of likely N-dealkylation sites (tertiary alicyclic amines) is 1. The number of rotatable bonds is 6.